The Balaban J connectivity index is 0.00000338. The summed E-state index contributed by atoms with van der Waals surface area (Å²) in [5, 5.41) is 6.46. The highest BCUT2D eigenvalue weighted by molar-refractivity contribution is 14.0. The molecule has 1 fully saturated rings. The minimum absolute atomic E-state index is 0. The first-order valence-corrected chi connectivity index (χ1v) is 10.5. The van der Waals surface area contributed by atoms with E-state index in [0.29, 0.717) is 19.0 Å². The maximum Gasteiger partial charge on any atom is 0.208 e. The van der Waals surface area contributed by atoms with E-state index in [2.05, 4.69) is 56.4 Å². The Morgan fingerprint density at radius 2 is 1.96 bits per heavy atom. The Bertz CT molecular complexity index is 690. The first kappa shape index (κ1) is 23.0. The number of hydrogen-bond donors (Lipinski definition) is 3. The van der Waals surface area contributed by atoms with E-state index in [0.717, 1.165) is 19.3 Å². The van der Waals surface area contributed by atoms with Crippen LogP contribution in [0.1, 0.15) is 31.4 Å². The number of nitrogens with one attached hydrogen (secondary N) is 3. The zero-order valence-electron chi connectivity index (χ0n) is 15.7. The monoisotopic (exact) mass is 495 g/mol. The van der Waals surface area contributed by atoms with Crippen LogP contribution in [-0.4, -0.2) is 53.9 Å². The van der Waals surface area contributed by atoms with Crippen LogP contribution in [0.15, 0.2) is 29.3 Å². The largest absolute Gasteiger partial charge is 0.372 e. The van der Waals surface area contributed by atoms with Crippen molar-refractivity contribution >= 4 is 45.6 Å². The molecule has 1 aromatic carbocycles. The Hall–Kier alpha value is -1.07. The highest BCUT2D eigenvalue weighted by Gasteiger charge is 2.14. The van der Waals surface area contributed by atoms with Crippen LogP contribution in [0.25, 0.3) is 0 Å². The van der Waals surface area contributed by atoms with Gasteiger partial charge in [0, 0.05) is 38.9 Å². The number of benzene rings is 1. The molecule has 1 aliphatic heterocycles. The number of rotatable bonds is 7. The van der Waals surface area contributed by atoms with Gasteiger partial charge in [-0.2, -0.15) is 0 Å². The van der Waals surface area contributed by atoms with Crippen LogP contribution in [0, 0.1) is 0 Å². The number of halogens is 1. The van der Waals surface area contributed by atoms with E-state index < -0.39 is 10.0 Å². The average molecular weight is 495 g/mol. The smallest absolute Gasteiger partial charge is 0.208 e. The predicted molar refractivity (Wildman–Crippen MR) is 119 cm³/mol. The molecule has 3 N–H and O–H groups in total. The molecule has 148 valence electrons. The average Bonchev–Trinajstić information content (AvgIpc) is 3.11. The Morgan fingerprint density at radius 1 is 1.27 bits per heavy atom. The second-order valence-corrected chi connectivity index (χ2v) is 8.15. The lowest BCUT2D eigenvalue weighted by atomic mass is 10.1. The molecule has 2 rings (SSSR count). The van der Waals surface area contributed by atoms with Crippen LogP contribution in [0.5, 0.6) is 0 Å². The fraction of sp³-hybridized carbons (Fsp3) is 0.588. The molecule has 1 saturated heterocycles. The number of aliphatic imine (C=N–C) groups is 1. The van der Waals surface area contributed by atoms with Gasteiger partial charge in [-0.15, -0.1) is 24.0 Å². The van der Waals surface area contributed by atoms with Gasteiger partial charge in [0.2, 0.25) is 10.0 Å². The van der Waals surface area contributed by atoms with Crippen molar-refractivity contribution in [3.05, 3.63) is 29.8 Å². The third-order valence-corrected chi connectivity index (χ3v) is 4.93. The van der Waals surface area contributed by atoms with Crippen molar-refractivity contribution in [1.82, 2.24) is 15.4 Å². The third kappa shape index (κ3) is 7.67. The van der Waals surface area contributed by atoms with Crippen LogP contribution in [0.3, 0.4) is 0 Å². The summed E-state index contributed by atoms with van der Waals surface area (Å²) in [6.45, 7) is 5.12. The summed E-state index contributed by atoms with van der Waals surface area (Å²) in [6, 6.07) is 8.67. The molecule has 1 atom stereocenters. The van der Waals surface area contributed by atoms with E-state index in [1.165, 1.54) is 24.1 Å². The van der Waals surface area contributed by atoms with Gasteiger partial charge in [-0.3, -0.25) is 4.99 Å². The molecule has 0 saturated carbocycles. The Labute approximate surface area is 174 Å². The first-order valence-electron chi connectivity index (χ1n) is 8.66. The highest BCUT2D eigenvalue weighted by atomic mass is 127. The van der Waals surface area contributed by atoms with E-state index in [1.807, 2.05) is 0 Å². The molecule has 1 heterocycles. The van der Waals surface area contributed by atoms with Crippen molar-refractivity contribution in [2.75, 3.05) is 44.4 Å². The van der Waals surface area contributed by atoms with Crippen molar-refractivity contribution in [2.24, 2.45) is 4.99 Å². The molecule has 0 aliphatic carbocycles. The lowest BCUT2D eigenvalue weighted by Gasteiger charge is -2.22. The van der Waals surface area contributed by atoms with Crippen LogP contribution in [0.2, 0.25) is 0 Å². The molecular formula is C17H30IN5O2S. The number of guanidine groups is 1. The van der Waals surface area contributed by atoms with Crippen LogP contribution in [-0.2, 0) is 10.0 Å². The molecule has 1 aliphatic rings. The summed E-state index contributed by atoms with van der Waals surface area (Å²) >= 11 is 0. The zero-order valence-corrected chi connectivity index (χ0v) is 18.8. The fourth-order valence-corrected chi connectivity index (χ4v) is 3.34. The van der Waals surface area contributed by atoms with E-state index >= 15 is 0 Å². The van der Waals surface area contributed by atoms with Gasteiger partial charge in [0.25, 0.3) is 0 Å². The molecule has 9 heteroatoms. The minimum Gasteiger partial charge on any atom is -0.372 e. The summed E-state index contributed by atoms with van der Waals surface area (Å²) in [5.41, 5.74) is 2.46. The van der Waals surface area contributed by atoms with Gasteiger partial charge in [0.15, 0.2) is 5.96 Å². The summed E-state index contributed by atoms with van der Waals surface area (Å²) in [6.07, 6.45) is 3.67. The van der Waals surface area contributed by atoms with Gasteiger partial charge >= 0.3 is 0 Å². The second kappa shape index (κ2) is 10.9. The molecule has 1 unspecified atom stereocenters. The zero-order chi connectivity index (χ0) is 18.3. The van der Waals surface area contributed by atoms with Gasteiger partial charge in [-0.1, -0.05) is 12.1 Å². The second-order valence-electron chi connectivity index (χ2n) is 6.32. The lowest BCUT2D eigenvalue weighted by Crippen LogP contribution is -2.42. The SMILES string of the molecule is CN=C(NCCNS(C)(=O)=O)NC(C)c1cccc(N2CCCC2)c1.I. The molecule has 0 radical (unpaired) electrons. The predicted octanol–water partition coefficient (Wildman–Crippen LogP) is 1.68. The summed E-state index contributed by atoms with van der Waals surface area (Å²) in [4.78, 5) is 6.61. The fourth-order valence-electron chi connectivity index (χ4n) is 2.87. The highest BCUT2D eigenvalue weighted by Crippen LogP contribution is 2.23. The molecular weight excluding hydrogens is 465 g/mol. The minimum atomic E-state index is -3.16. The Kier molecular flexibility index (Phi) is 9.66. The maximum absolute atomic E-state index is 11.1. The van der Waals surface area contributed by atoms with E-state index in [-0.39, 0.29) is 30.0 Å². The molecule has 26 heavy (non-hydrogen) atoms. The Morgan fingerprint density at radius 3 is 2.58 bits per heavy atom. The van der Waals surface area contributed by atoms with Gasteiger partial charge in [0.1, 0.15) is 0 Å². The molecule has 1 aromatic rings. The quantitative estimate of drug-likeness (QED) is 0.232. The molecule has 0 aromatic heterocycles. The van der Waals surface area contributed by atoms with Crippen molar-refractivity contribution < 1.29 is 8.42 Å². The number of hydrogen-bond acceptors (Lipinski definition) is 4. The standard InChI is InChI=1S/C17H29N5O2S.HI/c1-14(21-17(18-2)19-9-10-20-25(3,23)24)15-7-6-8-16(13-15)22-11-4-5-12-22;/h6-8,13-14,20H,4-5,9-12H2,1-3H3,(H2,18,19,21);1H. The third-order valence-electron chi connectivity index (χ3n) is 4.20. The van der Waals surface area contributed by atoms with Crippen molar-refractivity contribution in [1.29, 1.82) is 0 Å². The molecule has 0 bridgehead atoms. The van der Waals surface area contributed by atoms with Crippen molar-refractivity contribution in [3.63, 3.8) is 0 Å². The molecule has 0 amide bonds. The van der Waals surface area contributed by atoms with Crippen LogP contribution in [0.4, 0.5) is 5.69 Å². The molecule has 7 nitrogen and oxygen atoms in total. The number of sulfonamides is 1. The number of nitrogens with zero attached hydrogens (tertiary/aromatic N) is 2. The summed E-state index contributed by atoms with van der Waals surface area (Å²) < 4.78 is 24.6. The summed E-state index contributed by atoms with van der Waals surface area (Å²) in [5.74, 6) is 0.648. The molecule has 0 spiro atoms. The number of anilines is 1. The van der Waals surface area contributed by atoms with Gasteiger partial charge in [0.05, 0.1) is 12.3 Å². The lowest BCUT2D eigenvalue weighted by molar-refractivity contribution is 0.586. The first-order chi connectivity index (χ1) is 11.9. The van der Waals surface area contributed by atoms with E-state index in [9.17, 15) is 8.42 Å². The normalized spacial score (nSPS) is 16.1. The van der Waals surface area contributed by atoms with E-state index in [4.69, 9.17) is 0 Å². The van der Waals surface area contributed by atoms with Gasteiger partial charge in [-0.05, 0) is 37.5 Å². The van der Waals surface area contributed by atoms with Crippen LogP contribution >= 0.6 is 24.0 Å². The van der Waals surface area contributed by atoms with E-state index in [1.54, 1.807) is 7.05 Å². The van der Waals surface area contributed by atoms with Crippen molar-refractivity contribution in [2.45, 2.75) is 25.8 Å². The van der Waals surface area contributed by atoms with Gasteiger partial charge in [-0.25, -0.2) is 13.1 Å². The summed E-state index contributed by atoms with van der Waals surface area (Å²) in [7, 11) is -1.46. The van der Waals surface area contributed by atoms with Crippen LogP contribution < -0.4 is 20.3 Å². The van der Waals surface area contributed by atoms with Gasteiger partial charge < -0.3 is 15.5 Å². The van der Waals surface area contributed by atoms with Crippen molar-refractivity contribution in [3.8, 4) is 0 Å². The topological polar surface area (TPSA) is 85.8 Å². The maximum atomic E-state index is 11.1.